The molecule has 0 aliphatic heterocycles. The zero-order chi connectivity index (χ0) is 22.8. The molecule has 1 N–H and O–H groups in total. The van der Waals surface area contributed by atoms with Crippen LogP contribution >= 0.6 is 0 Å². The number of aromatic nitrogens is 6. The van der Waals surface area contributed by atoms with Gasteiger partial charge in [-0.25, -0.2) is 14.2 Å². The lowest BCUT2D eigenvalue weighted by Gasteiger charge is -2.02. The highest BCUT2D eigenvalue weighted by atomic mass is 16.5. The Morgan fingerprint density at radius 1 is 0.788 bits per heavy atom. The molecule has 0 saturated carbocycles. The molecule has 9 nitrogen and oxygen atoms in total. The van der Waals surface area contributed by atoms with Gasteiger partial charge in [0.05, 0.1) is 36.4 Å². The van der Waals surface area contributed by atoms with Crippen LogP contribution in [0.5, 0.6) is 5.75 Å². The number of hydrogen-bond acceptors (Lipinski definition) is 6. The maximum absolute atomic E-state index is 11.0. The van der Waals surface area contributed by atoms with E-state index in [1.165, 1.54) is 12.1 Å². The molecular formula is C24H18N6O3. The molecule has 3 aromatic carbocycles. The van der Waals surface area contributed by atoms with E-state index < -0.39 is 5.97 Å². The second-order valence-electron chi connectivity index (χ2n) is 7.23. The molecule has 0 bridgehead atoms. The molecule has 0 aliphatic carbocycles. The Labute approximate surface area is 188 Å². The first-order chi connectivity index (χ1) is 16.1. The molecule has 0 amide bonds. The second kappa shape index (κ2) is 8.39. The molecule has 0 fully saturated rings. The van der Waals surface area contributed by atoms with Crippen LogP contribution in [0.1, 0.15) is 10.4 Å². The van der Waals surface area contributed by atoms with Gasteiger partial charge in [0.25, 0.3) is 0 Å². The third kappa shape index (κ3) is 4.07. The molecular weight excluding hydrogens is 420 g/mol. The van der Waals surface area contributed by atoms with E-state index in [2.05, 4.69) is 20.6 Å². The minimum Gasteiger partial charge on any atom is -0.497 e. The summed E-state index contributed by atoms with van der Waals surface area (Å²) in [6.07, 6.45) is 3.66. The lowest BCUT2D eigenvalue weighted by molar-refractivity contribution is 0.0697. The van der Waals surface area contributed by atoms with Crippen molar-refractivity contribution in [2.24, 2.45) is 0 Å². The van der Waals surface area contributed by atoms with Crippen molar-refractivity contribution in [3.8, 4) is 39.6 Å². The normalized spacial score (nSPS) is 10.8. The topological polar surface area (TPSA) is 108 Å². The van der Waals surface area contributed by atoms with Crippen LogP contribution in [-0.2, 0) is 0 Å². The van der Waals surface area contributed by atoms with Crippen LogP contribution in [0.4, 0.5) is 0 Å². The van der Waals surface area contributed by atoms with E-state index in [0.29, 0.717) is 5.69 Å². The Balaban J connectivity index is 1.40. The maximum Gasteiger partial charge on any atom is 0.335 e. The Hall–Kier alpha value is -4.79. The number of rotatable bonds is 6. The van der Waals surface area contributed by atoms with Crippen molar-refractivity contribution in [1.29, 1.82) is 0 Å². The molecule has 5 aromatic rings. The fraction of sp³-hybridized carbons (Fsp3) is 0.0417. The average Bonchev–Trinajstić information content (AvgIpc) is 3.55. The first-order valence-corrected chi connectivity index (χ1v) is 10.0. The highest BCUT2D eigenvalue weighted by Gasteiger charge is 2.10. The van der Waals surface area contributed by atoms with Crippen LogP contribution in [0, 0.1) is 0 Å². The molecule has 0 unspecified atom stereocenters. The van der Waals surface area contributed by atoms with Crippen molar-refractivity contribution >= 4 is 5.97 Å². The standard InChI is InChI=1S/C24H18N6O3/c1-33-21-11-9-20(10-12-21)30-15-23(26-28-30)18-4-2-3-17(13-18)22-14-29(27-25-22)19-7-5-16(6-8-19)24(31)32/h2-15H,1H3,(H,31,32). The van der Waals surface area contributed by atoms with Crippen LogP contribution in [0.25, 0.3) is 33.9 Å². The maximum atomic E-state index is 11.0. The molecule has 162 valence electrons. The summed E-state index contributed by atoms with van der Waals surface area (Å²) in [5.74, 6) is -0.195. The number of carboxylic acid groups (broad SMARTS) is 1. The van der Waals surface area contributed by atoms with Crippen LogP contribution in [0.15, 0.2) is 85.2 Å². The van der Waals surface area contributed by atoms with Gasteiger partial charge in [-0.1, -0.05) is 28.6 Å². The first-order valence-electron chi connectivity index (χ1n) is 10.0. The van der Waals surface area contributed by atoms with Gasteiger partial charge < -0.3 is 9.84 Å². The highest BCUT2D eigenvalue weighted by molar-refractivity contribution is 5.87. The van der Waals surface area contributed by atoms with Gasteiger partial charge in [0.1, 0.15) is 17.1 Å². The van der Waals surface area contributed by atoms with Crippen molar-refractivity contribution in [3.63, 3.8) is 0 Å². The van der Waals surface area contributed by atoms with Gasteiger partial charge in [0.15, 0.2) is 0 Å². The summed E-state index contributed by atoms with van der Waals surface area (Å²) < 4.78 is 8.51. The summed E-state index contributed by atoms with van der Waals surface area (Å²) in [6, 6.07) is 21.8. The van der Waals surface area contributed by atoms with E-state index in [1.807, 2.05) is 54.7 Å². The molecule has 0 radical (unpaired) electrons. The molecule has 0 aliphatic rings. The number of aromatic carboxylic acids is 1. The Morgan fingerprint density at radius 2 is 1.30 bits per heavy atom. The fourth-order valence-electron chi connectivity index (χ4n) is 3.37. The van der Waals surface area contributed by atoms with Gasteiger partial charge in [-0.05, 0) is 54.6 Å². The third-order valence-corrected chi connectivity index (χ3v) is 5.16. The van der Waals surface area contributed by atoms with Crippen LogP contribution in [0.2, 0.25) is 0 Å². The SMILES string of the molecule is COc1ccc(-n2cc(-c3cccc(-c4cn(-c5ccc(C(=O)O)cc5)nn4)c3)nn2)cc1. The van der Waals surface area contributed by atoms with Gasteiger partial charge in [0, 0.05) is 11.1 Å². The first kappa shape index (κ1) is 20.1. The van der Waals surface area contributed by atoms with E-state index in [1.54, 1.807) is 34.8 Å². The fourth-order valence-corrected chi connectivity index (χ4v) is 3.37. The molecule has 2 heterocycles. The minimum atomic E-state index is -0.971. The zero-order valence-electron chi connectivity index (χ0n) is 17.5. The number of benzene rings is 3. The monoisotopic (exact) mass is 438 g/mol. The average molecular weight is 438 g/mol. The second-order valence-corrected chi connectivity index (χ2v) is 7.23. The van der Waals surface area contributed by atoms with Crippen LogP contribution < -0.4 is 4.74 Å². The summed E-state index contributed by atoms with van der Waals surface area (Å²) in [5.41, 5.74) is 4.99. The highest BCUT2D eigenvalue weighted by Crippen LogP contribution is 2.25. The molecule has 9 heteroatoms. The Kier molecular flexibility index (Phi) is 5.12. The van der Waals surface area contributed by atoms with Gasteiger partial charge >= 0.3 is 5.97 Å². The minimum absolute atomic E-state index is 0.217. The molecule has 0 spiro atoms. The third-order valence-electron chi connectivity index (χ3n) is 5.16. The van der Waals surface area contributed by atoms with Crippen molar-refractivity contribution in [3.05, 3.63) is 90.8 Å². The van der Waals surface area contributed by atoms with Crippen molar-refractivity contribution < 1.29 is 14.6 Å². The van der Waals surface area contributed by atoms with Gasteiger partial charge in [0.2, 0.25) is 0 Å². The predicted molar refractivity (Wildman–Crippen MR) is 121 cm³/mol. The van der Waals surface area contributed by atoms with Gasteiger partial charge in [-0.15, -0.1) is 10.2 Å². The zero-order valence-corrected chi connectivity index (χ0v) is 17.5. The molecule has 33 heavy (non-hydrogen) atoms. The van der Waals surface area contributed by atoms with Crippen LogP contribution in [0.3, 0.4) is 0 Å². The summed E-state index contributed by atoms with van der Waals surface area (Å²) in [5, 5.41) is 26.0. The molecule has 2 aromatic heterocycles. The predicted octanol–water partition coefficient (Wildman–Crippen LogP) is 3.89. The number of carbonyl (C=O) groups is 1. The largest absolute Gasteiger partial charge is 0.497 e. The summed E-state index contributed by atoms with van der Waals surface area (Å²) in [6.45, 7) is 0. The number of ether oxygens (including phenoxy) is 1. The van der Waals surface area contributed by atoms with Crippen molar-refractivity contribution in [2.45, 2.75) is 0 Å². The summed E-state index contributed by atoms with van der Waals surface area (Å²) in [4.78, 5) is 11.0. The van der Waals surface area contributed by atoms with Crippen molar-refractivity contribution in [1.82, 2.24) is 30.0 Å². The number of methoxy groups -OCH3 is 1. The number of nitrogens with zero attached hydrogens (tertiary/aromatic N) is 6. The van der Waals surface area contributed by atoms with Gasteiger partial charge in [-0.2, -0.15) is 0 Å². The molecule has 0 atom stereocenters. The lowest BCUT2D eigenvalue weighted by Crippen LogP contribution is -1.98. The van der Waals surface area contributed by atoms with E-state index in [-0.39, 0.29) is 5.56 Å². The summed E-state index contributed by atoms with van der Waals surface area (Å²) >= 11 is 0. The number of carboxylic acids is 1. The van der Waals surface area contributed by atoms with Crippen molar-refractivity contribution in [2.75, 3.05) is 7.11 Å². The van der Waals surface area contributed by atoms with E-state index >= 15 is 0 Å². The number of hydrogen-bond donors (Lipinski definition) is 1. The quantitative estimate of drug-likeness (QED) is 0.428. The molecule has 5 rings (SSSR count). The van der Waals surface area contributed by atoms with Gasteiger partial charge in [-0.3, -0.25) is 0 Å². The Morgan fingerprint density at radius 3 is 1.79 bits per heavy atom. The van der Waals surface area contributed by atoms with E-state index in [9.17, 15) is 4.79 Å². The van der Waals surface area contributed by atoms with E-state index in [4.69, 9.17) is 9.84 Å². The summed E-state index contributed by atoms with van der Waals surface area (Å²) in [7, 11) is 1.63. The smallest absolute Gasteiger partial charge is 0.335 e. The lowest BCUT2D eigenvalue weighted by atomic mass is 10.1. The Bertz CT molecular complexity index is 1420. The molecule has 0 saturated heterocycles. The van der Waals surface area contributed by atoms with E-state index in [0.717, 1.165) is 33.9 Å². The van der Waals surface area contributed by atoms with Crippen LogP contribution in [-0.4, -0.2) is 48.2 Å².